The lowest BCUT2D eigenvalue weighted by atomic mass is 9.85. The number of likely N-dealkylation sites (tertiary alicyclic amines) is 1. The molecule has 0 aliphatic carbocycles. The Balaban J connectivity index is 1.89. The molecule has 108 valence electrons. The molecule has 2 heterocycles. The maximum Gasteiger partial charge on any atom is 0.303 e. The van der Waals surface area contributed by atoms with Crippen LogP contribution >= 0.6 is 0 Å². The minimum absolute atomic E-state index is 0.214. The van der Waals surface area contributed by atoms with E-state index in [4.69, 9.17) is 5.11 Å². The fourth-order valence-electron chi connectivity index (χ4n) is 3.19. The first kappa shape index (κ1) is 14.3. The molecule has 0 spiro atoms. The third-order valence-corrected chi connectivity index (χ3v) is 4.46. The van der Waals surface area contributed by atoms with Gasteiger partial charge in [0.2, 0.25) is 5.91 Å². The number of carboxylic acid groups (broad SMARTS) is 1. The summed E-state index contributed by atoms with van der Waals surface area (Å²) in [6, 6.07) is 0. The number of amides is 1. The molecule has 2 atom stereocenters. The smallest absolute Gasteiger partial charge is 0.303 e. The van der Waals surface area contributed by atoms with E-state index >= 15 is 0 Å². The number of nitrogens with zero attached hydrogens (tertiary/aromatic N) is 1. The summed E-state index contributed by atoms with van der Waals surface area (Å²) in [6.07, 6.45) is 3.85. The van der Waals surface area contributed by atoms with Gasteiger partial charge in [0.05, 0.1) is 5.41 Å². The van der Waals surface area contributed by atoms with Crippen molar-refractivity contribution in [2.24, 2.45) is 11.3 Å². The second-order valence-corrected chi connectivity index (χ2v) is 6.18. The van der Waals surface area contributed by atoms with E-state index in [0.29, 0.717) is 12.3 Å². The van der Waals surface area contributed by atoms with Gasteiger partial charge in [-0.3, -0.25) is 9.59 Å². The van der Waals surface area contributed by atoms with Gasteiger partial charge in [-0.2, -0.15) is 0 Å². The van der Waals surface area contributed by atoms with E-state index in [1.807, 2.05) is 11.8 Å². The lowest BCUT2D eigenvalue weighted by molar-refractivity contribution is -0.142. The summed E-state index contributed by atoms with van der Waals surface area (Å²) in [5.41, 5.74) is -0.255. The van der Waals surface area contributed by atoms with Crippen molar-refractivity contribution in [3.63, 3.8) is 0 Å². The van der Waals surface area contributed by atoms with E-state index in [0.717, 1.165) is 45.4 Å². The lowest BCUT2D eigenvalue weighted by Gasteiger charge is -2.37. The van der Waals surface area contributed by atoms with Gasteiger partial charge in [0.25, 0.3) is 0 Å². The minimum atomic E-state index is -0.740. The van der Waals surface area contributed by atoms with Gasteiger partial charge in [0.15, 0.2) is 0 Å². The Hall–Kier alpha value is -1.10. The Morgan fingerprint density at radius 3 is 2.89 bits per heavy atom. The fourth-order valence-corrected chi connectivity index (χ4v) is 3.19. The van der Waals surface area contributed by atoms with Gasteiger partial charge in [-0.1, -0.05) is 0 Å². The molecule has 5 heteroatoms. The third-order valence-electron chi connectivity index (χ3n) is 4.46. The molecule has 0 saturated carbocycles. The van der Waals surface area contributed by atoms with Crippen molar-refractivity contribution >= 4 is 11.9 Å². The molecule has 0 aromatic carbocycles. The monoisotopic (exact) mass is 268 g/mol. The normalized spacial score (nSPS) is 31.4. The lowest BCUT2D eigenvalue weighted by Crippen LogP contribution is -2.48. The predicted molar refractivity (Wildman–Crippen MR) is 71.8 cm³/mol. The molecule has 2 N–H and O–H groups in total. The summed E-state index contributed by atoms with van der Waals surface area (Å²) in [7, 11) is 0. The van der Waals surface area contributed by atoms with Crippen LogP contribution in [0.15, 0.2) is 0 Å². The zero-order valence-corrected chi connectivity index (χ0v) is 11.7. The number of rotatable bonds is 4. The highest BCUT2D eigenvalue weighted by atomic mass is 16.4. The first-order valence-electron chi connectivity index (χ1n) is 7.23. The highest BCUT2D eigenvalue weighted by Gasteiger charge is 2.40. The number of aliphatic carboxylic acids is 1. The van der Waals surface area contributed by atoms with Crippen LogP contribution in [0.1, 0.15) is 39.0 Å². The quantitative estimate of drug-likeness (QED) is 0.801. The summed E-state index contributed by atoms with van der Waals surface area (Å²) < 4.78 is 0. The summed E-state index contributed by atoms with van der Waals surface area (Å²) in [5.74, 6) is -0.139. The number of hydrogen-bond donors (Lipinski definition) is 2. The molecule has 2 saturated heterocycles. The molecular weight excluding hydrogens is 244 g/mol. The number of hydrogen-bond acceptors (Lipinski definition) is 3. The van der Waals surface area contributed by atoms with Gasteiger partial charge >= 0.3 is 5.97 Å². The van der Waals surface area contributed by atoms with Gasteiger partial charge in [0.1, 0.15) is 0 Å². The van der Waals surface area contributed by atoms with Crippen LogP contribution < -0.4 is 5.32 Å². The van der Waals surface area contributed by atoms with Crippen molar-refractivity contribution in [2.45, 2.75) is 39.0 Å². The molecule has 1 amide bonds. The van der Waals surface area contributed by atoms with E-state index in [1.165, 1.54) is 0 Å². The summed E-state index contributed by atoms with van der Waals surface area (Å²) in [5, 5.41) is 12.0. The standard InChI is InChI=1S/C14H24N2O3/c1-14(6-7-15-10-14)13(19)16-8-2-3-11(9-16)4-5-12(17)18/h11,15H,2-10H2,1H3,(H,17,18). The zero-order chi connectivity index (χ0) is 13.9. The maximum absolute atomic E-state index is 12.6. The van der Waals surface area contributed by atoms with Crippen molar-refractivity contribution in [1.29, 1.82) is 0 Å². The van der Waals surface area contributed by atoms with E-state index in [1.54, 1.807) is 0 Å². The minimum Gasteiger partial charge on any atom is -0.481 e. The van der Waals surface area contributed by atoms with Gasteiger partial charge in [-0.05, 0) is 45.1 Å². The van der Waals surface area contributed by atoms with Crippen LogP contribution in [-0.2, 0) is 9.59 Å². The Kier molecular flexibility index (Phi) is 4.45. The third kappa shape index (κ3) is 3.47. The van der Waals surface area contributed by atoms with Gasteiger partial charge < -0.3 is 15.3 Å². The summed E-state index contributed by atoms with van der Waals surface area (Å²) in [4.78, 5) is 25.2. The molecule has 19 heavy (non-hydrogen) atoms. The van der Waals surface area contributed by atoms with E-state index in [2.05, 4.69) is 5.32 Å². The largest absolute Gasteiger partial charge is 0.481 e. The fraction of sp³-hybridized carbons (Fsp3) is 0.857. The molecule has 2 unspecified atom stereocenters. The molecule has 2 aliphatic rings. The van der Waals surface area contributed by atoms with E-state index in [9.17, 15) is 9.59 Å². The van der Waals surface area contributed by atoms with Gasteiger partial charge in [0, 0.05) is 26.1 Å². The van der Waals surface area contributed by atoms with Crippen molar-refractivity contribution in [3.8, 4) is 0 Å². The van der Waals surface area contributed by atoms with Crippen molar-refractivity contribution in [3.05, 3.63) is 0 Å². The second kappa shape index (κ2) is 5.90. The number of carbonyl (C=O) groups excluding carboxylic acids is 1. The average molecular weight is 268 g/mol. The van der Waals surface area contributed by atoms with E-state index in [-0.39, 0.29) is 17.7 Å². The zero-order valence-electron chi connectivity index (χ0n) is 11.7. The molecular formula is C14H24N2O3. The van der Waals surface area contributed by atoms with Crippen LogP contribution in [0.25, 0.3) is 0 Å². The Bertz CT molecular complexity index is 351. The molecule has 5 nitrogen and oxygen atoms in total. The number of nitrogens with one attached hydrogen (secondary N) is 1. The maximum atomic E-state index is 12.6. The predicted octanol–water partition coefficient (Wildman–Crippen LogP) is 1.09. The molecule has 0 aromatic rings. The average Bonchev–Trinajstić information content (AvgIpc) is 2.84. The first-order valence-corrected chi connectivity index (χ1v) is 7.23. The van der Waals surface area contributed by atoms with Crippen molar-refractivity contribution in [1.82, 2.24) is 10.2 Å². The number of carboxylic acids is 1. The molecule has 2 fully saturated rings. The van der Waals surface area contributed by atoms with Crippen LogP contribution in [0.3, 0.4) is 0 Å². The number of piperidine rings is 1. The SMILES string of the molecule is CC1(C(=O)N2CCCC(CCC(=O)O)C2)CCNC1. The Labute approximate surface area is 114 Å². The van der Waals surface area contributed by atoms with Crippen LogP contribution in [-0.4, -0.2) is 48.1 Å². The van der Waals surface area contributed by atoms with Crippen LogP contribution in [0.4, 0.5) is 0 Å². The van der Waals surface area contributed by atoms with E-state index < -0.39 is 5.97 Å². The number of carbonyl (C=O) groups is 2. The second-order valence-electron chi connectivity index (χ2n) is 6.18. The highest BCUT2D eigenvalue weighted by molar-refractivity contribution is 5.83. The summed E-state index contributed by atoms with van der Waals surface area (Å²) >= 11 is 0. The first-order chi connectivity index (χ1) is 9.01. The Morgan fingerprint density at radius 2 is 2.26 bits per heavy atom. The summed E-state index contributed by atoms with van der Waals surface area (Å²) in [6.45, 7) is 5.29. The van der Waals surface area contributed by atoms with Crippen LogP contribution in [0.5, 0.6) is 0 Å². The van der Waals surface area contributed by atoms with Gasteiger partial charge in [-0.25, -0.2) is 0 Å². The molecule has 0 aromatic heterocycles. The molecule has 0 bridgehead atoms. The van der Waals surface area contributed by atoms with Crippen molar-refractivity contribution in [2.75, 3.05) is 26.2 Å². The van der Waals surface area contributed by atoms with Gasteiger partial charge in [-0.15, -0.1) is 0 Å². The van der Waals surface area contributed by atoms with Crippen LogP contribution in [0, 0.1) is 11.3 Å². The highest BCUT2D eigenvalue weighted by Crippen LogP contribution is 2.30. The van der Waals surface area contributed by atoms with Crippen LogP contribution in [0.2, 0.25) is 0 Å². The topological polar surface area (TPSA) is 69.6 Å². The molecule has 2 rings (SSSR count). The molecule has 0 radical (unpaired) electrons. The van der Waals surface area contributed by atoms with Crippen molar-refractivity contribution < 1.29 is 14.7 Å². The Morgan fingerprint density at radius 1 is 1.47 bits per heavy atom. The molecule has 2 aliphatic heterocycles.